The van der Waals surface area contributed by atoms with E-state index in [4.69, 9.17) is 5.11 Å². The molecule has 0 saturated heterocycles. The fourth-order valence-corrected chi connectivity index (χ4v) is 0.743. The molecule has 3 nitrogen and oxygen atoms in total. The van der Waals surface area contributed by atoms with Crippen LogP contribution in [0.4, 0.5) is 0 Å². The molecule has 0 aliphatic carbocycles. The van der Waals surface area contributed by atoms with Crippen molar-refractivity contribution in [3.8, 4) is 0 Å². The third-order valence-corrected chi connectivity index (χ3v) is 1.05. The lowest BCUT2D eigenvalue weighted by Crippen LogP contribution is -1.99. The monoisotopic (exact) mass is 156 g/mol. The molecule has 62 valence electrons. The van der Waals surface area contributed by atoms with Crippen molar-refractivity contribution in [1.82, 2.24) is 0 Å². The average molecular weight is 156 g/mol. The number of hydrogen-bond acceptors (Lipinski definition) is 2. The first-order valence-corrected chi connectivity index (χ1v) is 3.44. The van der Waals surface area contributed by atoms with Gasteiger partial charge in [0.15, 0.2) is 0 Å². The number of carbonyl (C=O) groups excluding carboxylic acids is 1. The van der Waals surface area contributed by atoms with Crippen LogP contribution in [0.25, 0.3) is 0 Å². The predicted molar refractivity (Wildman–Crippen MR) is 41.2 cm³/mol. The van der Waals surface area contributed by atoms with E-state index in [0.717, 1.165) is 0 Å². The summed E-state index contributed by atoms with van der Waals surface area (Å²) in [5, 5.41) is 8.33. The fourth-order valence-electron chi connectivity index (χ4n) is 0.743. The van der Waals surface area contributed by atoms with E-state index in [2.05, 4.69) is 0 Å². The van der Waals surface area contributed by atoms with Gasteiger partial charge in [0, 0.05) is 0 Å². The predicted octanol–water partition coefficient (Wildman–Crippen LogP) is 1.24. The highest BCUT2D eigenvalue weighted by Gasteiger charge is 2.02. The summed E-state index contributed by atoms with van der Waals surface area (Å²) in [4.78, 5) is 20.4. The van der Waals surface area contributed by atoms with Gasteiger partial charge in [-0.3, -0.25) is 9.59 Å². The van der Waals surface area contributed by atoms with Gasteiger partial charge in [0.1, 0.15) is 6.29 Å². The smallest absolute Gasteiger partial charge is 0.307 e. The molecule has 0 radical (unpaired) electrons. The zero-order valence-electron chi connectivity index (χ0n) is 6.70. The van der Waals surface area contributed by atoms with Crippen molar-refractivity contribution in [3.63, 3.8) is 0 Å². The van der Waals surface area contributed by atoms with E-state index in [-0.39, 0.29) is 12.3 Å². The number of carboxylic acid groups (broad SMARTS) is 1. The largest absolute Gasteiger partial charge is 0.481 e. The van der Waals surface area contributed by atoms with E-state index >= 15 is 0 Å². The third kappa shape index (κ3) is 5.33. The zero-order valence-corrected chi connectivity index (χ0v) is 6.70. The van der Waals surface area contributed by atoms with Crippen LogP contribution in [-0.2, 0) is 9.59 Å². The Morgan fingerprint density at radius 2 is 2.09 bits per heavy atom. The van der Waals surface area contributed by atoms with Gasteiger partial charge in [-0.15, -0.1) is 0 Å². The maximum absolute atomic E-state index is 10.2. The van der Waals surface area contributed by atoms with E-state index in [1.54, 1.807) is 6.08 Å². The second-order valence-corrected chi connectivity index (χ2v) is 2.67. The second-order valence-electron chi connectivity index (χ2n) is 2.67. The molecule has 0 aliphatic heterocycles. The van der Waals surface area contributed by atoms with E-state index in [1.807, 2.05) is 13.8 Å². The molecule has 0 bridgehead atoms. The van der Waals surface area contributed by atoms with Gasteiger partial charge < -0.3 is 5.11 Å². The molecule has 0 heterocycles. The topological polar surface area (TPSA) is 54.4 Å². The van der Waals surface area contributed by atoms with Crippen molar-refractivity contribution < 1.29 is 14.7 Å². The summed E-state index contributed by atoms with van der Waals surface area (Å²) in [7, 11) is 0. The molecular weight excluding hydrogens is 144 g/mol. The van der Waals surface area contributed by atoms with Crippen LogP contribution in [0.3, 0.4) is 0 Å². The molecule has 0 saturated carbocycles. The first-order chi connectivity index (χ1) is 5.06. The lowest BCUT2D eigenvalue weighted by atomic mass is 10.1. The summed E-state index contributed by atoms with van der Waals surface area (Å²) < 4.78 is 0. The molecule has 0 aromatic carbocycles. The highest BCUT2D eigenvalue weighted by Crippen LogP contribution is 2.03. The van der Waals surface area contributed by atoms with Gasteiger partial charge in [0.25, 0.3) is 0 Å². The van der Waals surface area contributed by atoms with Crippen molar-refractivity contribution in [1.29, 1.82) is 0 Å². The molecule has 0 rings (SSSR count). The molecule has 0 aromatic rings. The molecular formula is C8H12O3. The average Bonchev–Trinajstić information content (AvgIpc) is 1.84. The fraction of sp³-hybridized carbons (Fsp3) is 0.500. The first kappa shape index (κ1) is 9.88. The maximum atomic E-state index is 10.2. The van der Waals surface area contributed by atoms with E-state index in [9.17, 15) is 9.59 Å². The highest BCUT2D eigenvalue weighted by atomic mass is 16.4. The molecule has 0 fully saturated rings. The van der Waals surface area contributed by atoms with Crippen molar-refractivity contribution >= 4 is 12.3 Å². The van der Waals surface area contributed by atoms with Gasteiger partial charge in [-0.1, -0.05) is 19.9 Å². The van der Waals surface area contributed by atoms with Crippen LogP contribution in [0.2, 0.25) is 0 Å². The molecule has 0 spiro atoms. The van der Waals surface area contributed by atoms with Crippen LogP contribution in [0.1, 0.15) is 20.3 Å². The van der Waals surface area contributed by atoms with Gasteiger partial charge in [-0.05, 0) is 11.5 Å². The van der Waals surface area contributed by atoms with Crippen LogP contribution in [0, 0.1) is 5.92 Å². The van der Waals surface area contributed by atoms with Gasteiger partial charge in [0.2, 0.25) is 0 Å². The lowest BCUT2D eigenvalue weighted by Gasteiger charge is -1.97. The first-order valence-electron chi connectivity index (χ1n) is 3.44. The van der Waals surface area contributed by atoms with E-state index in [0.29, 0.717) is 11.9 Å². The standard InChI is InChI=1S/C8H12O3/c1-6(2)3-7(5-9)4-8(10)11/h3,5-6H,4H2,1-2H3,(H,10,11). The van der Waals surface area contributed by atoms with Gasteiger partial charge in [-0.2, -0.15) is 0 Å². The molecule has 0 amide bonds. The lowest BCUT2D eigenvalue weighted by molar-refractivity contribution is -0.136. The molecule has 1 N–H and O–H groups in total. The minimum absolute atomic E-state index is 0.179. The Kier molecular flexibility index (Phi) is 4.18. The molecule has 0 aliphatic rings. The maximum Gasteiger partial charge on any atom is 0.307 e. The third-order valence-electron chi connectivity index (χ3n) is 1.05. The number of rotatable bonds is 4. The van der Waals surface area contributed by atoms with Crippen molar-refractivity contribution in [3.05, 3.63) is 11.6 Å². The number of allylic oxidation sites excluding steroid dienone is 1. The molecule has 0 aromatic heterocycles. The Bertz CT molecular complexity index is 180. The van der Waals surface area contributed by atoms with Crippen molar-refractivity contribution in [2.45, 2.75) is 20.3 Å². The van der Waals surface area contributed by atoms with Crippen molar-refractivity contribution in [2.75, 3.05) is 0 Å². The van der Waals surface area contributed by atoms with Crippen molar-refractivity contribution in [2.24, 2.45) is 5.92 Å². The van der Waals surface area contributed by atoms with E-state index < -0.39 is 5.97 Å². The number of hydrogen-bond donors (Lipinski definition) is 1. The highest BCUT2D eigenvalue weighted by molar-refractivity contribution is 5.83. The summed E-state index contributed by atoms with van der Waals surface area (Å²) >= 11 is 0. The van der Waals surface area contributed by atoms with Crippen LogP contribution >= 0.6 is 0 Å². The number of carboxylic acids is 1. The zero-order chi connectivity index (χ0) is 8.85. The Morgan fingerprint density at radius 1 is 1.55 bits per heavy atom. The van der Waals surface area contributed by atoms with Crippen LogP contribution in [0.15, 0.2) is 11.6 Å². The molecule has 3 heteroatoms. The summed E-state index contributed by atoms with van der Waals surface area (Å²) in [5.41, 5.74) is 0.340. The second kappa shape index (κ2) is 4.66. The van der Waals surface area contributed by atoms with E-state index in [1.165, 1.54) is 0 Å². The molecule has 0 atom stereocenters. The summed E-state index contributed by atoms with van der Waals surface area (Å²) in [6.07, 6.45) is 2.07. The molecule has 0 unspecified atom stereocenters. The summed E-state index contributed by atoms with van der Waals surface area (Å²) in [6.45, 7) is 3.79. The Balaban J connectivity index is 4.16. The Hall–Kier alpha value is -1.12. The number of carbonyl (C=O) groups is 2. The van der Waals surface area contributed by atoms with Crippen LogP contribution in [0.5, 0.6) is 0 Å². The SMILES string of the molecule is CC(C)C=C(C=O)CC(=O)O. The Morgan fingerprint density at radius 3 is 2.36 bits per heavy atom. The number of aldehydes is 1. The van der Waals surface area contributed by atoms with Crippen LogP contribution in [-0.4, -0.2) is 17.4 Å². The number of aliphatic carboxylic acids is 1. The van der Waals surface area contributed by atoms with Gasteiger partial charge in [0.05, 0.1) is 6.42 Å². The van der Waals surface area contributed by atoms with Crippen LogP contribution < -0.4 is 0 Å². The summed E-state index contributed by atoms with van der Waals surface area (Å²) in [5.74, 6) is -0.751. The Labute approximate surface area is 65.7 Å². The quantitative estimate of drug-likeness (QED) is 0.492. The minimum atomic E-state index is -0.969. The minimum Gasteiger partial charge on any atom is -0.481 e. The normalized spacial score (nSPS) is 11.7. The summed E-state index contributed by atoms with van der Waals surface area (Å²) in [6, 6.07) is 0. The van der Waals surface area contributed by atoms with Gasteiger partial charge >= 0.3 is 5.97 Å². The molecule has 11 heavy (non-hydrogen) atoms. The van der Waals surface area contributed by atoms with Gasteiger partial charge in [-0.25, -0.2) is 0 Å².